The van der Waals surface area contributed by atoms with Crippen LogP contribution >= 0.6 is 0 Å². The molecule has 10 nitrogen and oxygen atoms in total. The molecule has 1 aliphatic carbocycles. The summed E-state index contributed by atoms with van der Waals surface area (Å²) < 4.78 is 11.7. The van der Waals surface area contributed by atoms with Crippen LogP contribution in [-0.2, 0) is 4.79 Å². The minimum Gasteiger partial charge on any atom is -0.457 e. The molecule has 3 aliphatic rings. The van der Waals surface area contributed by atoms with Crippen LogP contribution in [0.1, 0.15) is 23.2 Å². The van der Waals surface area contributed by atoms with E-state index in [2.05, 4.69) is 16.0 Å². The van der Waals surface area contributed by atoms with E-state index in [-0.39, 0.29) is 35.0 Å². The lowest BCUT2D eigenvalue weighted by atomic mass is 9.85. The molecule has 2 aliphatic heterocycles. The van der Waals surface area contributed by atoms with Gasteiger partial charge in [0.2, 0.25) is 11.8 Å². The van der Waals surface area contributed by atoms with Gasteiger partial charge in [-0.15, -0.1) is 0 Å². The van der Waals surface area contributed by atoms with Crippen molar-refractivity contribution in [3.05, 3.63) is 78.0 Å². The maximum atomic E-state index is 12.8. The van der Waals surface area contributed by atoms with E-state index in [4.69, 9.17) is 15.2 Å². The van der Waals surface area contributed by atoms with E-state index in [1.165, 1.54) is 6.20 Å². The summed E-state index contributed by atoms with van der Waals surface area (Å²) in [6.45, 7) is 1.01. The smallest absolute Gasteiger partial charge is 0.264 e. The second kappa shape index (κ2) is 9.52. The molecule has 1 saturated carbocycles. The van der Waals surface area contributed by atoms with E-state index in [1.54, 1.807) is 35.2 Å². The zero-order chi connectivity index (χ0) is 26.2. The molecule has 10 heteroatoms. The zero-order valence-corrected chi connectivity index (χ0v) is 20.4. The van der Waals surface area contributed by atoms with Gasteiger partial charge in [-0.05, 0) is 55.2 Å². The van der Waals surface area contributed by atoms with Crippen molar-refractivity contribution < 1.29 is 19.1 Å². The topological polar surface area (TPSA) is 135 Å². The number of fused-ring (bicyclic) bond motifs is 1. The number of hydrogen-bond donors (Lipinski definition) is 1. The summed E-state index contributed by atoms with van der Waals surface area (Å²) in [7, 11) is 0. The molecule has 3 aromatic rings. The number of primary amides is 1. The molecule has 1 unspecified atom stereocenters. The summed E-state index contributed by atoms with van der Waals surface area (Å²) in [6.07, 6.45) is 5.22. The van der Waals surface area contributed by atoms with Crippen molar-refractivity contribution in [3.63, 3.8) is 0 Å². The molecular weight excluding hydrogens is 484 g/mol. The molecule has 190 valence electrons. The number of nitrogens with zero attached hydrogens (tertiary/aromatic N) is 5. The first kappa shape index (κ1) is 23.5. The van der Waals surface area contributed by atoms with Crippen molar-refractivity contribution in [2.75, 3.05) is 18.0 Å². The molecule has 0 bridgehead atoms. The second-order valence-electron chi connectivity index (χ2n) is 9.52. The number of nitrogens with two attached hydrogens (primary N) is 1. The Morgan fingerprint density at radius 1 is 0.974 bits per heavy atom. The van der Waals surface area contributed by atoms with Crippen molar-refractivity contribution in [1.29, 1.82) is 5.26 Å². The average Bonchev–Trinajstić information content (AvgIpc) is 3.74. The number of amides is 2. The number of nitriles is 1. The van der Waals surface area contributed by atoms with Gasteiger partial charge < -0.3 is 25.0 Å². The van der Waals surface area contributed by atoms with Crippen molar-refractivity contribution in [3.8, 4) is 29.2 Å². The van der Waals surface area contributed by atoms with Gasteiger partial charge >= 0.3 is 0 Å². The van der Waals surface area contributed by atoms with Crippen LogP contribution in [0.4, 0.5) is 5.95 Å². The first-order valence-corrected chi connectivity index (χ1v) is 12.4. The van der Waals surface area contributed by atoms with Crippen LogP contribution in [0.2, 0.25) is 0 Å². The van der Waals surface area contributed by atoms with E-state index >= 15 is 0 Å². The monoisotopic (exact) mass is 508 g/mol. The van der Waals surface area contributed by atoms with Gasteiger partial charge in [-0.2, -0.15) is 10.2 Å². The number of ether oxygens (including phenoxy) is 2. The maximum Gasteiger partial charge on any atom is 0.264 e. The highest BCUT2D eigenvalue weighted by atomic mass is 16.5. The Morgan fingerprint density at radius 2 is 1.66 bits per heavy atom. The van der Waals surface area contributed by atoms with E-state index < -0.39 is 5.91 Å². The van der Waals surface area contributed by atoms with Gasteiger partial charge in [-0.1, -0.05) is 24.3 Å². The molecule has 0 radical (unpaired) electrons. The fourth-order valence-electron chi connectivity index (χ4n) is 4.58. The number of benzene rings is 2. The largest absolute Gasteiger partial charge is 0.457 e. The average molecular weight is 509 g/mol. The third-order valence-electron chi connectivity index (χ3n) is 6.93. The van der Waals surface area contributed by atoms with Gasteiger partial charge in [-0.25, -0.2) is 4.98 Å². The number of carbonyl (C=O) groups excluding carboxylic acids is 2. The van der Waals surface area contributed by atoms with Gasteiger partial charge in [0.1, 0.15) is 34.5 Å². The minimum atomic E-state index is -0.705. The Labute approximate surface area is 218 Å². The van der Waals surface area contributed by atoms with Crippen LogP contribution in [0, 0.1) is 17.2 Å². The summed E-state index contributed by atoms with van der Waals surface area (Å²) in [5, 5.41) is 9.39. The molecule has 2 atom stereocenters. The first-order chi connectivity index (χ1) is 18.5. The molecule has 2 N–H and O–H groups in total. The Kier molecular flexibility index (Phi) is 5.88. The highest BCUT2D eigenvalue weighted by Gasteiger charge is 2.55. The lowest BCUT2D eigenvalue weighted by molar-refractivity contribution is -0.139. The van der Waals surface area contributed by atoms with Gasteiger partial charge in [0, 0.05) is 19.3 Å². The molecule has 3 fully saturated rings. The number of rotatable bonds is 8. The lowest BCUT2D eigenvalue weighted by Gasteiger charge is -2.61. The molecule has 1 aromatic heterocycles. The van der Waals surface area contributed by atoms with Gasteiger partial charge in [0.05, 0.1) is 12.1 Å². The Bertz CT molecular complexity index is 1460. The molecular formula is C28H24N6O4. The Hall–Kier alpha value is -4.91. The van der Waals surface area contributed by atoms with Crippen LogP contribution in [0.25, 0.3) is 0 Å². The van der Waals surface area contributed by atoms with Crippen LogP contribution in [0.15, 0.2) is 72.4 Å². The van der Waals surface area contributed by atoms with Crippen LogP contribution in [0.3, 0.4) is 0 Å². The predicted octanol–water partition coefficient (Wildman–Crippen LogP) is 3.42. The number of piperazine rings is 1. The zero-order valence-electron chi connectivity index (χ0n) is 20.4. The summed E-state index contributed by atoms with van der Waals surface area (Å²) in [5.74, 6) is 1.66. The van der Waals surface area contributed by atoms with Crippen LogP contribution in [0.5, 0.6) is 23.1 Å². The van der Waals surface area contributed by atoms with E-state index in [0.717, 1.165) is 12.8 Å². The second-order valence-corrected chi connectivity index (χ2v) is 9.52. The number of carbonyl (C=O) groups is 2. The fraction of sp³-hybridized carbons (Fsp3) is 0.250. The molecule has 3 heterocycles. The quantitative estimate of drug-likeness (QED) is 0.361. The minimum absolute atomic E-state index is 0.000558. The third-order valence-corrected chi connectivity index (χ3v) is 6.93. The van der Waals surface area contributed by atoms with Crippen molar-refractivity contribution in [2.24, 2.45) is 11.7 Å². The number of hydrogen-bond acceptors (Lipinski definition) is 8. The summed E-state index contributed by atoms with van der Waals surface area (Å²) in [4.78, 5) is 37.3. The van der Waals surface area contributed by atoms with E-state index in [9.17, 15) is 14.9 Å². The van der Waals surface area contributed by atoms with Gasteiger partial charge in [-0.3, -0.25) is 9.59 Å². The Balaban J connectivity index is 1.14. The van der Waals surface area contributed by atoms with Crippen LogP contribution in [-0.4, -0.2) is 51.9 Å². The Morgan fingerprint density at radius 3 is 2.26 bits per heavy atom. The maximum absolute atomic E-state index is 12.8. The predicted molar refractivity (Wildman–Crippen MR) is 137 cm³/mol. The molecule has 0 spiro atoms. The fourth-order valence-corrected chi connectivity index (χ4v) is 4.58. The molecule has 2 aromatic carbocycles. The van der Waals surface area contributed by atoms with Gasteiger partial charge in [0.25, 0.3) is 11.8 Å². The lowest BCUT2D eigenvalue weighted by Crippen LogP contribution is -2.80. The van der Waals surface area contributed by atoms with Crippen molar-refractivity contribution in [2.45, 2.75) is 24.9 Å². The van der Waals surface area contributed by atoms with Crippen molar-refractivity contribution in [1.82, 2.24) is 14.9 Å². The van der Waals surface area contributed by atoms with Crippen molar-refractivity contribution >= 4 is 17.8 Å². The number of para-hydroxylation sites is 1. The first-order valence-electron chi connectivity index (χ1n) is 12.4. The molecule has 6 rings (SSSR count). The number of anilines is 1. The highest BCUT2D eigenvalue weighted by Crippen LogP contribution is 2.39. The molecule has 2 saturated heterocycles. The van der Waals surface area contributed by atoms with Gasteiger partial charge in [0.15, 0.2) is 0 Å². The number of likely N-dealkylation sites (tertiary alicyclic amines) is 1. The summed E-state index contributed by atoms with van der Waals surface area (Å²) >= 11 is 0. The normalized spacial score (nSPS) is 19.9. The van der Waals surface area contributed by atoms with Crippen LogP contribution < -0.4 is 20.1 Å². The third kappa shape index (κ3) is 4.50. The summed E-state index contributed by atoms with van der Waals surface area (Å²) in [6, 6.07) is 18.4. The SMILES string of the molecule is N#C/C(=C\C1CC1)C(=O)N1CC2[C@H]1CN2c1ncc(C(N)=O)c(Oc2ccc(Oc3ccccc3)cc2)n1. The molecule has 38 heavy (non-hydrogen) atoms. The van der Waals surface area contributed by atoms with E-state index in [0.29, 0.717) is 42.2 Å². The molecule has 2 amide bonds. The number of allylic oxidation sites excluding steroid dienone is 1. The highest BCUT2D eigenvalue weighted by molar-refractivity contribution is 5.98. The van der Waals surface area contributed by atoms with E-state index in [1.807, 2.05) is 35.2 Å². The summed E-state index contributed by atoms with van der Waals surface area (Å²) in [5.41, 5.74) is 5.82. The number of aromatic nitrogens is 2. The standard InChI is InChI=1S/C28H24N6O4/c29-13-18(12-17-6-7-17)27(36)33-15-24-23(33)16-34(24)28-31-14-22(25(30)35)26(32-28)38-21-10-8-20(9-11-21)37-19-4-2-1-3-5-19/h1-5,8-12,14,17,23-24H,6-7,15-16H2,(H2,30,35)/b18-12+/t23-,24?/m1/s1.